The van der Waals surface area contributed by atoms with Gasteiger partial charge in [0.25, 0.3) is 0 Å². The minimum Gasteiger partial charge on any atom is -0.506 e. The van der Waals surface area contributed by atoms with Crippen LogP contribution in [-0.2, 0) is 17.1 Å². The van der Waals surface area contributed by atoms with Crippen molar-refractivity contribution in [1.82, 2.24) is 0 Å². The number of para-hydroxylation sites is 1. The summed E-state index contributed by atoms with van der Waals surface area (Å²) in [5.41, 5.74) is 0.505. The summed E-state index contributed by atoms with van der Waals surface area (Å²) in [6.07, 6.45) is 5.33. The van der Waals surface area contributed by atoms with Gasteiger partial charge in [-0.25, -0.2) is 0 Å². The Hall–Kier alpha value is -2.20. The molecule has 3 aromatic rings. The van der Waals surface area contributed by atoms with Gasteiger partial charge in [-0.3, -0.25) is 0 Å². The quantitative estimate of drug-likeness (QED) is 0.266. The molecule has 34 heavy (non-hydrogen) atoms. The number of phenolic OH excluding ortho intramolecular Hbond substituents is 1. The average molecular weight is 522 g/mol. The van der Waals surface area contributed by atoms with Gasteiger partial charge in [-0.1, -0.05) is 135 Å². The van der Waals surface area contributed by atoms with Gasteiger partial charge >= 0.3 is 0 Å². The molecule has 0 aliphatic heterocycles. The topological polar surface area (TPSA) is 65.2 Å². The Morgan fingerprint density at radius 3 is 1.26 bits per heavy atom. The third kappa shape index (κ3) is 24.4. The van der Waals surface area contributed by atoms with E-state index in [2.05, 4.69) is 86.5 Å². The van der Waals surface area contributed by atoms with Crippen LogP contribution in [0.3, 0.4) is 0 Å². The molecule has 0 saturated carbocycles. The Labute approximate surface area is 221 Å². The monoisotopic (exact) mass is 521 g/mol. The van der Waals surface area contributed by atoms with Crippen LogP contribution in [0.2, 0.25) is 0 Å². The van der Waals surface area contributed by atoms with Gasteiger partial charge in [-0.15, -0.1) is 0 Å². The number of aromatic hydroxyl groups is 1. The molecule has 0 bridgehead atoms. The fraction of sp³-hybridized carbons (Fsp3) is 0.448. The number of phenols is 1. The third-order valence-electron chi connectivity index (χ3n) is 3.46. The van der Waals surface area contributed by atoms with Crippen molar-refractivity contribution in [3.8, 4) is 5.75 Å². The van der Waals surface area contributed by atoms with E-state index < -0.39 is 0 Å². The van der Waals surface area contributed by atoms with E-state index in [0.717, 1.165) is 7.11 Å². The van der Waals surface area contributed by atoms with Gasteiger partial charge in [0.2, 0.25) is 0 Å². The molecule has 0 aliphatic carbocycles. The van der Waals surface area contributed by atoms with E-state index >= 15 is 0 Å². The zero-order valence-corrected chi connectivity index (χ0v) is 22.8. The van der Waals surface area contributed by atoms with Crippen molar-refractivity contribution in [2.24, 2.45) is 10.2 Å². The number of benzene rings is 3. The second-order valence-corrected chi connectivity index (χ2v) is 6.20. The fourth-order valence-electron chi connectivity index (χ4n) is 2.14. The molecule has 0 saturated heterocycles. The van der Waals surface area contributed by atoms with E-state index in [-0.39, 0.29) is 30.2 Å². The number of hydrogen-bond acceptors (Lipinski definition) is 4. The minimum absolute atomic E-state index is 0. The van der Waals surface area contributed by atoms with E-state index in [0.29, 0.717) is 5.69 Å². The van der Waals surface area contributed by atoms with E-state index in [1.807, 2.05) is 13.8 Å². The summed E-state index contributed by atoms with van der Waals surface area (Å²) in [5, 5.41) is 25.9. The van der Waals surface area contributed by atoms with E-state index in [4.69, 9.17) is 10.2 Å². The molecule has 199 valence electrons. The van der Waals surface area contributed by atoms with Gasteiger partial charge in [-0.2, -0.15) is 10.2 Å². The van der Waals surface area contributed by atoms with Crippen LogP contribution in [0.25, 0.3) is 10.8 Å². The van der Waals surface area contributed by atoms with Crippen LogP contribution < -0.4 is 0 Å². The summed E-state index contributed by atoms with van der Waals surface area (Å²) in [7, 11) is 2.56. The molecule has 1 radical (unpaired) electrons. The van der Waals surface area contributed by atoms with Gasteiger partial charge in [0.05, 0.1) is 0 Å². The van der Waals surface area contributed by atoms with E-state index in [1.165, 1.54) is 36.5 Å². The number of hydrogen-bond donors (Lipinski definition) is 2. The van der Waals surface area contributed by atoms with Gasteiger partial charge < -0.3 is 10.2 Å². The van der Waals surface area contributed by atoms with Crippen LogP contribution in [0.4, 0.5) is 5.69 Å². The smallest absolute Gasteiger partial charge is 0.143 e. The maximum Gasteiger partial charge on any atom is 0.143 e. The largest absolute Gasteiger partial charge is 0.506 e. The third-order valence-corrected chi connectivity index (χ3v) is 3.46. The number of azo groups is 1. The first-order chi connectivity index (χ1) is 15.6. The predicted molar refractivity (Wildman–Crippen MR) is 150 cm³/mol. The molecule has 0 unspecified atom stereocenters. The van der Waals surface area contributed by atoms with Gasteiger partial charge in [0.1, 0.15) is 11.4 Å². The molecule has 3 rings (SSSR count). The van der Waals surface area contributed by atoms with Crippen molar-refractivity contribution in [2.45, 2.75) is 74.7 Å². The fourth-order valence-corrected chi connectivity index (χ4v) is 2.14. The molecular weight excluding hydrogens is 472 g/mol. The van der Waals surface area contributed by atoms with Crippen molar-refractivity contribution >= 4 is 16.5 Å². The van der Waals surface area contributed by atoms with Crippen LogP contribution in [-0.4, -0.2) is 24.4 Å². The van der Waals surface area contributed by atoms with Gasteiger partial charge in [-0.05, 0) is 22.9 Å². The van der Waals surface area contributed by atoms with Crippen LogP contribution in [0.5, 0.6) is 5.75 Å². The van der Waals surface area contributed by atoms with Gasteiger partial charge in [0, 0.05) is 31.2 Å². The van der Waals surface area contributed by atoms with Crippen LogP contribution >= 0.6 is 0 Å². The maximum absolute atomic E-state index is 9.09. The Bertz CT molecular complexity index is 713. The first kappa shape index (κ1) is 42.0. The number of aliphatic hydroxyl groups is 1. The Balaban J connectivity index is -0.000000110. The zero-order chi connectivity index (χ0) is 25.0. The summed E-state index contributed by atoms with van der Waals surface area (Å²) >= 11 is 0. The maximum atomic E-state index is 9.09. The van der Waals surface area contributed by atoms with Crippen molar-refractivity contribution in [2.75, 3.05) is 14.2 Å². The summed E-state index contributed by atoms with van der Waals surface area (Å²) < 4.78 is 0. The summed E-state index contributed by atoms with van der Waals surface area (Å²) in [4.78, 5) is 0. The Kier molecular flexibility index (Phi) is 43.7. The minimum atomic E-state index is 0. The summed E-state index contributed by atoms with van der Waals surface area (Å²) in [6, 6.07) is 23.5. The number of rotatable bonds is 3. The molecule has 0 amide bonds. The summed E-state index contributed by atoms with van der Waals surface area (Å²) in [6.45, 7) is 12.7. The molecular formula is C29H50CuN2O2. The van der Waals surface area contributed by atoms with Crippen molar-refractivity contribution in [3.05, 3.63) is 72.8 Å². The van der Waals surface area contributed by atoms with Crippen LogP contribution in [0.1, 0.15) is 74.7 Å². The number of nitrogens with zero attached hydrogens (tertiary/aromatic N) is 2. The van der Waals surface area contributed by atoms with Crippen molar-refractivity contribution in [3.63, 3.8) is 0 Å². The zero-order valence-electron chi connectivity index (χ0n) is 21.8. The Morgan fingerprint density at radius 2 is 1.00 bits per heavy atom. The molecule has 0 fully saturated rings. The SMILES string of the molecule is C.CC.CCC.CCCCC.CN=Nc1ccccc1O.CO.[Cu].c1ccc2ccccc2c1. The number of fused-ring (bicyclic) bond motifs is 1. The first-order valence-corrected chi connectivity index (χ1v) is 11.6. The second kappa shape index (κ2) is 35.4. The average Bonchev–Trinajstić information content (AvgIpc) is 2.85. The molecule has 0 atom stereocenters. The molecule has 2 N–H and O–H groups in total. The predicted octanol–water partition coefficient (Wildman–Crippen LogP) is 9.83. The standard InChI is InChI=1S/C10H8.C7H8N2O.C5H12.C3H8.C2H6.CH4O.CH4.Cu/c1-2-6-10-8-4-3-7-9(10)5-1;1-8-9-6-4-2-3-5-7(6)10;1-3-5-4-2;1-3-2;2*1-2;;/h1-8H;2-5,10H,1H3;3-5H2,1-2H3;3H2,1-2H3;1-2H3;2H,1H3;1H4;. The van der Waals surface area contributed by atoms with Crippen LogP contribution in [0.15, 0.2) is 83.0 Å². The van der Waals surface area contributed by atoms with Crippen LogP contribution in [0, 0.1) is 0 Å². The molecule has 0 aromatic heterocycles. The van der Waals surface area contributed by atoms with Crippen molar-refractivity contribution in [1.29, 1.82) is 0 Å². The first-order valence-electron chi connectivity index (χ1n) is 11.6. The Morgan fingerprint density at radius 1 is 0.676 bits per heavy atom. The molecule has 0 spiro atoms. The van der Waals surface area contributed by atoms with E-state index in [9.17, 15) is 0 Å². The van der Waals surface area contributed by atoms with Crippen molar-refractivity contribution < 1.29 is 27.3 Å². The molecule has 3 aromatic carbocycles. The molecule has 0 heterocycles. The normalized spacial score (nSPS) is 8.15. The molecule has 4 nitrogen and oxygen atoms in total. The second-order valence-electron chi connectivity index (χ2n) is 6.20. The summed E-state index contributed by atoms with van der Waals surface area (Å²) in [5.74, 6) is 0.160. The number of aliphatic hydroxyl groups excluding tert-OH is 1. The van der Waals surface area contributed by atoms with Gasteiger partial charge in [0.15, 0.2) is 0 Å². The number of unbranched alkanes of at least 4 members (excludes halogenated alkanes) is 2. The van der Waals surface area contributed by atoms with E-state index in [1.54, 1.807) is 31.3 Å². The molecule has 5 heteroatoms. The molecule has 0 aliphatic rings.